The Balaban J connectivity index is 2.46. The first kappa shape index (κ1) is 13.0. The van der Waals surface area contributed by atoms with E-state index in [4.69, 9.17) is 0 Å². The van der Waals surface area contributed by atoms with Crippen molar-refractivity contribution in [3.63, 3.8) is 0 Å². The molecule has 0 spiro atoms. The van der Waals surface area contributed by atoms with Gasteiger partial charge in [0.05, 0.1) is 4.47 Å². The number of hydrogen-bond donors (Lipinski definition) is 2. The molecule has 2 nitrogen and oxygen atoms in total. The molecule has 0 radical (unpaired) electrons. The monoisotopic (exact) mass is 306 g/mol. The van der Waals surface area contributed by atoms with Gasteiger partial charge in [0.1, 0.15) is 11.5 Å². The molecule has 18 heavy (non-hydrogen) atoms. The number of phenolic OH excluding ortho intramolecular Hbond substituents is 2. The van der Waals surface area contributed by atoms with Crippen molar-refractivity contribution >= 4 is 15.9 Å². The molecule has 0 aliphatic rings. The second-order valence-corrected chi connectivity index (χ2v) is 5.69. The summed E-state index contributed by atoms with van der Waals surface area (Å²) in [5, 5.41) is 18.9. The average Bonchev–Trinajstić information content (AvgIpc) is 2.33. The van der Waals surface area contributed by atoms with Gasteiger partial charge in [0.15, 0.2) is 0 Å². The van der Waals surface area contributed by atoms with E-state index in [1.54, 1.807) is 18.2 Å². The topological polar surface area (TPSA) is 40.5 Å². The Morgan fingerprint density at radius 3 is 2.00 bits per heavy atom. The van der Waals surface area contributed by atoms with Crippen LogP contribution in [0.1, 0.15) is 25.0 Å². The van der Waals surface area contributed by atoms with Crippen LogP contribution in [0.3, 0.4) is 0 Å². The summed E-state index contributed by atoms with van der Waals surface area (Å²) in [6.07, 6.45) is 0. The van der Waals surface area contributed by atoms with Gasteiger partial charge in [0.2, 0.25) is 0 Å². The second-order valence-electron chi connectivity index (χ2n) is 4.84. The van der Waals surface area contributed by atoms with E-state index in [9.17, 15) is 10.2 Å². The highest BCUT2D eigenvalue weighted by Crippen LogP contribution is 2.35. The SMILES string of the molecule is CC(C)(c1ccc(O)cc1)c1ccc(O)c(Br)c1. The molecule has 0 amide bonds. The zero-order valence-corrected chi connectivity index (χ0v) is 11.9. The van der Waals surface area contributed by atoms with Crippen molar-refractivity contribution in [2.24, 2.45) is 0 Å². The molecule has 0 atom stereocenters. The van der Waals surface area contributed by atoms with Crippen LogP contribution < -0.4 is 0 Å². The molecule has 0 bridgehead atoms. The fourth-order valence-electron chi connectivity index (χ4n) is 1.94. The molecule has 0 aliphatic carbocycles. The highest BCUT2D eigenvalue weighted by atomic mass is 79.9. The van der Waals surface area contributed by atoms with Gasteiger partial charge in [0, 0.05) is 5.41 Å². The maximum absolute atomic E-state index is 9.54. The van der Waals surface area contributed by atoms with Crippen LogP contribution in [-0.2, 0) is 5.41 Å². The van der Waals surface area contributed by atoms with Crippen molar-refractivity contribution in [2.75, 3.05) is 0 Å². The fourth-order valence-corrected chi connectivity index (χ4v) is 2.32. The zero-order valence-electron chi connectivity index (χ0n) is 10.3. The van der Waals surface area contributed by atoms with Gasteiger partial charge < -0.3 is 10.2 Å². The van der Waals surface area contributed by atoms with E-state index in [2.05, 4.69) is 29.8 Å². The predicted octanol–water partition coefficient (Wildman–Crippen LogP) is 4.19. The lowest BCUT2D eigenvalue weighted by atomic mass is 9.78. The van der Waals surface area contributed by atoms with Gasteiger partial charge in [-0.2, -0.15) is 0 Å². The molecule has 0 saturated heterocycles. The van der Waals surface area contributed by atoms with Crippen LogP contribution in [0, 0.1) is 0 Å². The van der Waals surface area contributed by atoms with E-state index in [0.717, 1.165) is 11.1 Å². The number of aromatic hydroxyl groups is 2. The van der Waals surface area contributed by atoms with E-state index in [-0.39, 0.29) is 16.9 Å². The number of hydrogen-bond acceptors (Lipinski definition) is 2. The van der Waals surface area contributed by atoms with Gasteiger partial charge in [-0.15, -0.1) is 0 Å². The average molecular weight is 307 g/mol. The highest BCUT2D eigenvalue weighted by Gasteiger charge is 2.23. The molecule has 3 heteroatoms. The lowest BCUT2D eigenvalue weighted by molar-refractivity contribution is 0.471. The summed E-state index contributed by atoms with van der Waals surface area (Å²) in [6.45, 7) is 4.22. The molecule has 0 aromatic heterocycles. The first-order chi connectivity index (χ1) is 8.41. The molecule has 2 N–H and O–H groups in total. The summed E-state index contributed by atoms with van der Waals surface area (Å²) in [4.78, 5) is 0. The van der Waals surface area contributed by atoms with E-state index in [1.165, 1.54) is 0 Å². The fraction of sp³-hybridized carbons (Fsp3) is 0.200. The Morgan fingerprint density at radius 2 is 1.44 bits per heavy atom. The standard InChI is InChI=1S/C15H15BrO2/c1-15(2,10-3-6-12(17)7-4-10)11-5-8-14(18)13(16)9-11/h3-9,17-18H,1-2H3. The molecule has 2 aromatic carbocycles. The van der Waals surface area contributed by atoms with Crippen LogP contribution >= 0.6 is 15.9 Å². The normalized spacial score (nSPS) is 11.5. The zero-order chi connectivity index (χ0) is 13.3. The molecular formula is C15H15BrO2. The van der Waals surface area contributed by atoms with Crippen LogP contribution in [0.5, 0.6) is 11.5 Å². The first-order valence-corrected chi connectivity index (χ1v) is 6.49. The Hall–Kier alpha value is -1.48. The van der Waals surface area contributed by atoms with Crippen molar-refractivity contribution in [1.82, 2.24) is 0 Å². The summed E-state index contributed by atoms with van der Waals surface area (Å²) in [6, 6.07) is 12.7. The lowest BCUT2D eigenvalue weighted by Crippen LogP contribution is -2.18. The first-order valence-electron chi connectivity index (χ1n) is 5.70. The van der Waals surface area contributed by atoms with Crippen LogP contribution in [0.2, 0.25) is 0 Å². The summed E-state index contributed by atoms with van der Waals surface area (Å²) in [5.74, 6) is 0.502. The Morgan fingerprint density at radius 1 is 0.889 bits per heavy atom. The Labute approximate surface area is 115 Å². The summed E-state index contributed by atoms with van der Waals surface area (Å²) in [5.41, 5.74) is 2.01. The number of halogens is 1. The van der Waals surface area contributed by atoms with Crippen LogP contribution in [-0.4, -0.2) is 10.2 Å². The van der Waals surface area contributed by atoms with E-state index >= 15 is 0 Å². The van der Waals surface area contributed by atoms with Gasteiger partial charge in [-0.1, -0.05) is 32.0 Å². The van der Waals surface area contributed by atoms with Crippen LogP contribution in [0.4, 0.5) is 0 Å². The van der Waals surface area contributed by atoms with Crippen molar-refractivity contribution in [1.29, 1.82) is 0 Å². The molecule has 0 fully saturated rings. The highest BCUT2D eigenvalue weighted by molar-refractivity contribution is 9.10. The molecule has 2 rings (SSSR count). The van der Waals surface area contributed by atoms with Crippen LogP contribution in [0.15, 0.2) is 46.9 Å². The molecule has 2 aromatic rings. The van der Waals surface area contributed by atoms with Gasteiger partial charge in [0.25, 0.3) is 0 Å². The van der Waals surface area contributed by atoms with Crippen molar-refractivity contribution < 1.29 is 10.2 Å². The van der Waals surface area contributed by atoms with E-state index in [0.29, 0.717) is 4.47 Å². The van der Waals surface area contributed by atoms with Crippen LogP contribution in [0.25, 0.3) is 0 Å². The predicted molar refractivity (Wildman–Crippen MR) is 76.0 cm³/mol. The number of rotatable bonds is 2. The minimum Gasteiger partial charge on any atom is -0.508 e. The third-order valence-electron chi connectivity index (χ3n) is 3.26. The number of phenols is 2. The maximum atomic E-state index is 9.54. The molecule has 0 saturated carbocycles. The smallest absolute Gasteiger partial charge is 0.129 e. The maximum Gasteiger partial charge on any atom is 0.129 e. The second kappa shape index (κ2) is 4.65. The Kier molecular flexibility index (Phi) is 3.35. The molecule has 0 unspecified atom stereocenters. The van der Waals surface area contributed by atoms with Crippen molar-refractivity contribution in [3.05, 3.63) is 58.1 Å². The van der Waals surface area contributed by atoms with Crippen molar-refractivity contribution in [3.8, 4) is 11.5 Å². The largest absolute Gasteiger partial charge is 0.508 e. The number of benzene rings is 2. The minimum absolute atomic E-state index is 0.191. The van der Waals surface area contributed by atoms with Gasteiger partial charge in [-0.3, -0.25) is 0 Å². The molecule has 94 valence electrons. The third-order valence-corrected chi connectivity index (χ3v) is 3.89. The summed E-state index contributed by atoms with van der Waals surface area (Å²) >= 11 is 3.33. The minimum atomic E-state index is -0.191. The van der Waals surface area contributed by atoms with Gasteiger partial charge >= 0.3 is 0 Å². The lowest BCUT2D eigenvalue weighted by Gasteiger charge is -2.26. The summed E-state index contributed by atoms with van der Waals surface area (Å²) < 4.78 is 0.687. The third kappa shape index (κ3) is 2.36. The summed E-state index contributed by atoms with van der Waals surface area (Å²) in [7, 11) is 0. The Bertz CT molecular complexity index is 559. The molecular weight excluding hydrogens is 292 g/mol. The molecule has 0 aliphatic heterocycles. The van der Waals surface area contributed by atoms with E-state index < -0.39 is 0 Å². The van der Waals surface area contributed by atoms with Gasteiger partial charge in [-0.25, -0.2) is 0 Å². The van der Waals surface area contributed by atoms with E-state index in [1.807, 2.05) is 24.3 Å². The quantitative estimate of drug-likeness (QED) is 0.873. The molecule has 0 heterocycles. The van der Waals surface area contributed by atoms with Gasteiger partial charge in [-0.05, 0) is 51.3 Å². The van der Waals surface area contributed by atoms with Crippen molar-refractivity contribution in [2.45, 2.75) is 19.3 Å².